The molecule has 0 aliphatic heterocycles. The van der Waals surface area contributed by atoms with Gasteiger partial charge in [-0.15, -0.1) is 0 Å². The maximum atomic E-state index is 3.87. The van der Waals surface area contributed by atoms with Crippen LogP contribution < -0.4 is 5.32 Å². The second-order valence-electron chi connectivity index (χ2n) is 2.84. The normalized spacial score (nSPS) is 10.5. The van der Waals surface area contributed by atoms with Crippen LogP contribution in [-0.4, -0.2) is 10.2 Å². The molecule has 0 radical (unpaired) electrons. The lowest BCUT2D eigenvalue weighted by atomic mass is 10.3. The standard InChI is InChI=1S/C9H11N3S/c1-2-13-7-8(1)3-10-4-9-5-11-12-6-9/h1-2,5-7,10H,3-4H2,(H,11,12). The van der Waals surface area contributed by atoms with E-state index in [1.165, 1.54) is 11.1 Å². The van der Waals surface area contributed by atoms with E-state index >= 15 is 0 Å². The summed E-state index contributed by atoms with van der Waals surface area (Å²) in [7, 11) is 0. The molecule has 4 heteroatoms. The van der Waals surface area contributed by atoms with Crippen molar-refractivity contribution in [2.75, 3.05) is 0 Å². The Hall–Kier alpha value is -1.13. The van der Waals surface area contributed by atoms with E-state index in [1.54, 1.807) is 11.3 Å². The van der Waals surface area contributed by atoms with Crippen LogP contribution in [-0.2, 0) is 13.1 Å². The fourth-order valence-corrected chi connectivity index (χ4v) is 1.79. The number of nitrogens with zero attached hydrogens (tertiary/aromatic N) is 1. The SMILES string of the molecule is c1cc(CNCc2cn[nH]c2)cs1. The molecule has 0 saturated carbocycles. The second-order valence-corrected chi connectivity index (χ2v) is 3.62. The zero-order valence-corrected chi connectivity index (χ0v) is 7.97. The highest BCUT2D eigenvalue weighted by molar-refractivity contribution is 7.07. The highest BCUT2D eigenvalue weighted by Crippen LogP contribution is 2.05. The third kappa shape index (κ3) is 2.40. The van der Waals surface area contributed by atoms with Crippen LogP contribution in [0.5, 0.6) is 0 Å². The Bertz CT molecular complexity index is 291. The average molecular weight is 193 g/mol. The van der Waals surface area contributed by atoms with E-state index in [2.05, 4.69) is 32.3 Å². The summed E-state index contributed by atoms with van der Waals surface area (Å²) >= 11 is 1.73. The summed E-state index contributed by atoms with van der Waals surface area (Å²) in [5, 5.41) is 14.2. The Kier molecular flexibility index (Phi) is 2.74. The van der Waals surface area contributed by atoms with E-state index in [9.17, 15) is 0 Å². The molecule has 0 atom stereocenters. The average Bonchev–Trinajstić information content (AvgIpc) is 2.75. The number of thiophene rings is 1. The largest absolute Gasteiger partial charge is 0.308 e. The van der Waals surface area contributed by atoms with E-state index in [1.807, 2.05) is 12.4 Å². The van der Waals surface area contributed by atoms with Gasteiger partial charge in [0.2, 0.25) is 0 Å². The van der Waals surface area contributed by atoms with Crippen molar-refractivity contribution in [3.05, 3.63) is 40.3 Å². The highest BCUT2D eigenvalue weighted by Gasteiger charge is 1.94. The molecule has 0 spiro atoms. The molecule has 0 aliphatic rings. The summed E-state index contributed by atoms with van der Waals surface area (Å²) < 4.78 is 0. The van der Waals surface area contributed by atoms with Gasteiger partial charge in [0.25, 0.3) is 0 Å². The molecule has 0 aliphatic carbocycles. The van der Waals surface area contributed by atoms with Gasteiger partial charge in [-0.05, 0) is 22.4 Å². The number of aromatic amines is 1. The number of nitrogens with one attached hydrogen (secondary N) is 2. The second kappa shape index (κ2) is 4.20. The Morgan fingerprint density at radius 1 is 1.38 bits per heavy atom. The number of hydrogen-bond acceptors (Lipinski definition) is 3. The van der Waals surface area contributed by atoms with Crippen molar-refractivity contribution in [1.29, 1.82) is 0 Å². The molecule has 0 amide bonds. The van der Waals surface area contributed by atoms with E-state index in [0.29, 0.717) is 0 Å². The van der Waals surface area contributed by atoms with Crippen molar-refractivity contribution < 1.29 is 0 Å². The predicted octanol–water partition coefficient (Wildman–Crippen LogP) is 1.76. The first-order chi connectivity index (χ1) is 6.45. The summed E-state index contributed by atoms with van der Waals surface area (Å²) in [4.78, 5) is 0. The summed E-state index contributed by atoms with van der Waals surface area (Å²) in [6.07, 6.45) is 3.74. The molecule has 2 rings (SSSR count). The Morgan fingerprint density at radius 3 is 3.00 bits per heavy atom. The first-order valence-electron chi connectivity index (χ1n) is 4.14. The van der Waals surface area contributed by atoms with E-state index in [-0.39, 0.29) is 0 Å². The van der Waals surface area contributed by atoms with Crippen LogP contribution in [0.2, 0.25) is 0 Å². The van der Waals surface area contributed by atoms with Crippen LogP contribution in [0, 0.1) is 0 Å². The first kappa shape index (κ1) is 8.47. The zero-order chi connectivity index (χ0) is 8.93. The molecule has 0 unspecified atom stereocenters. The summed E-state index contributed by atoms with van der Waals surface area (Å²) in [5.41, 5.74) is 2.53. The number of aromatic nitrogens is 2. The first-order valence-corrected chi connectivity index (χ1v) is 5.09. The number of H-pyrrole nitrogens is 1. The third-order valence-electron chi connectivity index (χ3n) is 1.79. The van der Waals surface area contributed by atoms with Gasteiger partial charge >= 0.3 is 0 Å². The van der Waals surface area contributed by atoms with Gasteiger partial charge in [-0.1, -0.05) is 0 Å². The molecule has 0 aromatic carbocycles. The fourth-order valence-electron chi connectivity index (χ4n) is 1.12. The Balaban J connectivity index is 1.76. The van der Waals surface area contributed by atoms with Crippen molar-refractivity contribution in [3.8, 4) is 0 Å². The molecule has 68 valence electrons. The minimum Gasteiger partial charge on any atom is -0.308 e. The molecule has 2 N–H and O–H groups in total. The van der Waals surface area contributed by atoms with Crippen LogP contribution in [0.1, 0.15) is 11.1 Å². The van der Waals surface area contributed by atoms with Crippen molar-refractivity contribution in [2.45, 2.75) is 13.1 Å². The maximum Gasteiger partial charge on any atom is 0.0532 e. The predicted molar refractivity (Wildman–Crippen MR) is 53.5 cm³/mol. The lowest BCUT2D eigenvalue weighted by molar-refractivity contribution is 0.695. The van der Waals surface area contributed by atoms with Gasteiger partial charge in [-0.3, -0.25) is 5.10 Å². The van der Waals surface area contributed by atoms with Crippen LogP contribution in [0.25, 0.3) is 0 Å². The topological polar surface area (TPSA) is 40.7 Å². The van der Waals surface area contributed by atoms with Gasteiger partial charge in [0.05, 0.1) is 6.20 Å². The molecule has 2 aromatic rings. The van der Waals surface area contributed by atoms with Crippen molar-refractivity contribution in [3.63, 3.8) is 0 Å². The molecule has 13 heavy (non-hydrogen) atoms. The van der Waals surface area contributed by atoms with Crippen LogP contribution in [0.4, 0.5) is 0 Å². The van der Waals surface area contributed by atoms with Crippen molar-refractivity contribution in [2.24, 2.45) is 0 Å². The van der Waals surface area contributed by atoms with Gasteiger partial charge < -0.3 is 5.32 Å². The molecule has 0 fully saturated rings. The van der Waals surface area contributed by atoms with Crippen molar-refractivity contribution in [1.82, 2.24) is 15.5 Å². The number of hydrogen-bond donors (Lipinski definition) is 2. The number of rotatable bonds is 4. The molecule has 2 aromatic heterocycles. The molecule has 0 saturated heterocycles. The summed E-state index contributed by atoms with van der Waals surface area (Å²) in [6.45, 7) is 1.79. The maximum absolute atomic E-state index is 3.87. The lowest BCUT2D eigenvalue weighted by Gasteiger charge is -1.99. The summed E-state index contributed by atoms with van der Waals surface area (Å²) in [6, 6.07) is 2.13. The monoisotopic (exact) mass is 193 g/mol. The smallest absolute Gasteiger partial charge is 0.0532 e. The Morgan fingerprint density at radius 2 is 2.31 bits per heavy atom. The Labute approximate surface area is 80.8 Å². The highest BCUT2D eigenvalue weighted by atomic mass is 32.1. The fraction of sp³-hybridized carbons (Fsp3) is 0.222. The van der Waals surface area contributed by atoms with Crippen LogP contribution in [0.15, 0.2) is 29.2 Å². The van der Waals surface area contributed by atoms with Crippen LogP contribution in [0.3, 0.4) is 0 Å². The van der Waals surface area contributed by atoms with E-state index < -0.39 is 0 Å². The minimum absolute atomic E-state index is 0.867. The molecule has 0 bridgehead atoms. The van der Waals surface area contributed by atoms with Gasteiger partial charge in [0, 0.05) is 24.8 Å². The van der Waals surface area contributed by atoms with E-state index in [4.69, 9.17) is 0 Å². The van der Waals surface area contributed by atoms with Crippen LogP contribution >= 0.6 is 11.3 Å². The molecular weight excluding hydrogens is 182 g/mol. The third-order valence-corrected chi connectivity index (χ3v) is 2.53. The molecule has 3 nitrogen and oxygen atoms in total. The van der Waals surface area contributed by atoms with Gasteiger partial charge in [-0.2, -0.15) is 16.4 Å². The van der Waals surface area contributed by atoms with Gasteiger partial charge in [-0.25, -0.2) is 0 Å². The minimum atomic E-state index is 0.867. The lowest BCUT2D eigenvalue weighted by Crippen LogP contribution is -2.11. The molecule has 2 heterocycles. The van der Waals surface area contributed by atoms with Gasteiger partial charge in [0.1, 0.15) is 0 Å². The van der Waals surface area contributed by atoms with Crippen molar-refractivity contribution >= 4 is 11.3 Å². The quantitative estimate of drug-likeness (QED) is 0.776. The summed E-state index contributed by atoms with van der Waals surface area (Å²) in [5.74, 6) is 0. The van der Waals surface area contributed by atoms with E-state index in [0.717, 1.165) is 13.1 Å². The zero-order valence-electron chi connectivity index (χ0n) is 7.16. The van der Waals surface area contributed by atoms with Gasteiger partial charge in [0.15, 0.2) is 0 Å². The molecular formula is C9H11N3S.